The summed E-state index contributed by atoms with van der Waals surface area (Å²) in [6.45, 7) is 3.78. The summed E-state index contributed by atoms with van der Waals surface area (Å²) in [6, 6.07) is 15.3. The lowest BCUT2D eigenvalue weighted by Gasteiger charge is -2.11. The van der Waals surface area contributed by atoms with Crippen LogP contribution in [0.2, 0.25) is 0 Å². The molecule has 1 N–H and O–H groups in total. The molecule has 0 saturated heterocycles. The van der Waals surface area contributed by atoms with E-state index in [1.54, 1.807) is 42.5 Å². The van der Waals surface area contributed by atoms with Gasteiger partial charge in [0.15, 0.2) is 18.2 Å². The van der Waals surface area contributed by atoms with Crippen molar-refractivity contribution in [2.45, 2.75) is 20.0 Å². The topological polar surface area (TPSA) is 81.5 Å². The number of rotatable bonds is 7. The van der Waals surface area contributed by atoms with Gasteiger partial charge in [-0.2, -0.15) is 5.16 Å². The van der Waals surface area contributed by atoms with Crippen molar-refractivity contribution in [3.05, 3.63) is 70.5 Å². The summed E-state index contributed by atoms with van der Waals surface area (Å²) < 4.78 is 16.2. The van der Waals surface area contributed by atoms with Crippen molar-refractivity contribution in [1.82, 2.24) is 5.16 Å². The van der Waals surface area contributed by atoms with Gasteiger partial charge in [-0.25, -0.2) is 0 Å². The number of carbonyl (C=O) groups is 1. The Morgan fingerprint density at radius 1 is 1.08 bits per heavy atom. The SMILES string of the molecule is CC(C)Oc1cccc(C(=O)COc2ccc(-c3cc(=O)[nH]o3)cc2)c1. The fourth-order valence-electron chi connectivity index (χ4n) is 2.39. The molecule has 0 amide bonds. The molecule has 0 aliphatic heterocycles. The first-order chi connectivity index (χ1) is 12.5. The number of aromatic nitrogens is 1. The molecule has 1 heterocycles. The standard InChI is InChI=1S/C20H19NO5/c1-13(2)25-17-5-3-4-15(10-17)18(22)12-24-16-8-6-14(7-9-16)19-11-20(23)21-26-19/h3-11,13H,12H2,1-2H3,(H,21,23). The number of benzene rings is 2. The average Bonchev–Trinajstić information content (AvgIpc) is 3.06. The van der Waals surface area contributed by atoms with E-state index in [1.807, 2.05) is 19.9 Å². The van der Waals surface area contributed by atoms with Crippen molar-refractivity contribution < 1.29 is 18.8 Å². The van der Waals surface area contributed by atoms with Crippen LogP contribution in [0.4, 0.5) is 0 Å². The van der Waals surface area contributed by atoms with Crippen LogP contribution in [0.1, 0.15) is 24.2 Å². The van der Waals surface area contributed by atoms with Crippen molar-refractivity contribution in [3.63, 3.8) is 0 Å². The highest BCUT2D eigenvalue weighted by molar-refractivity contribution is 5.97. The third kappa shape index (κ3) is 4.42. The minimum atomic E-state index is -0.297. The molecule has 6 heteroatoms. The molecule has 0 fully saturated rings. The van der Waals surface area contributed by atoms with E-state index in [4.69, 9.17) is 14.0 Å². The predicted octanol–water partition coefficient (Wildman–Crippen LogP) is 3.68. The van der Waals surface area contributed by atoms with Gasteiger partial charge in [-0.3, -0.25) is 9.59 Å². The number of carbonyl (C=O) groups excluding carboxylic acids is 1. The van der Waals surface area contributed by atoms with E-state index in [9.17, 15) is 9.59 Å². The van der Waals surface area contributed by atoms with E-state index in [2.05, 4.69) is 5.16 Å². The second-order valence-electron chi connectivity index (χ2n) is 6.01. The number of aromatic amines is 1. The molecule has 0 aliphatic rings. The number of ether oxygens (including phenoxy) is 2. The quantitative estimate of drug-likeness (QED) is 0.655. The molecule has 0 bridgehead atoms. The summed E-state index contributed by atoms with van der Waals surface area (Å²) in [6.07, 6.45) is 0.0413. The lowest BCUT2D eigenvalue weighted by atomic mass is 10.1. The molecule has 3 aromatic rings. The van der Waals surface area contributed by atoms with Gasteiger partial charge in [0.2, 0.25) is 0 Å². The van der Waals surface area contributed by atoms with Crippen LogP contribution in [0.3, 0.4) is 0 Å². The van der Waals surface area contributed by atoms with Crippen molar-refractivity contribution >= 4 is 5.78 Å². The van der Waals surface area contributed by atoms with Gasteiger partial charge in [0.05, 0.1) is 12.2 Å². The summed E-state index contributed by atoms with van der Waals surface area (Å²) in [5.74, 6) is 1.51. The zero-order valence-corrected chi connectivity index (χ0v) is 14.5. The van der Waals surface area contributed by atoms with Crippen molar-refractivity contribution in [1.29, 1.82) is 0 Å². The minimum absolute atomic E-state index is 0.0413. The highest BCUT2D eigenvalue weighted by atomic mass is 16.5. The first-order valence-electron chi connectivity index (χ1n) is 8.23. The summed E-state index contributed by atoms with van der Waals surface area (Å²) in [5.41, 5.74) is 0.976. The summed E-state index contributed by atoms with van der Waals surface area (Å²) in [5, 5.41) is 2.24. The molecule has 0 spiro atoms. The summed E-state index contributed by atoms with van der Waals surface area (Å²) in [4.78, 5) is 23.4. The van der Waals surface area contributed by atoms with Crippen LogP contribution < -0.4 is 15.0 Å². The third-order valence-corrected chi connectivity index (χ3v) is 3.56. The zero-order valence-electron chi connectivity index (χ0n) is 14.5. The van der Waals surface area contributed by atoms with Crippen LogP contribution in [0, 0.1) is 0 Å². The average molecular weight is 353 g/mol. The second-order valence-corrected chi connectivity index (χ2v) is 6.01. The fourth-order valence-corrected chi connectivity index (χ4v) is 2.39. The molecule has 0 aliphatic carbocycles. The Balaban J connectivity index is 1.61. The van der Waals surface area contributed by atoms with Crippen LogP contribution in [0.15, 0.2) is 63.9 Å². The number of hydrogen-bond acceptors (Lipinski definition) is 5. The third-order valence-electron chi connectivity index (χ3n) is 3.56. The normalized spacial score (nSPS) is 10.7. The van der Waals surface area contributed by atoms with Crippen molar-refractivity contribution in [2.24, 2.45) is 0 Å². The Morgan fingerprint density at radius 3 is 2.50 bits per heavy atom. The molecule has 3 rings (SSSR count). The highest BCUT2D eigenvalue weighted by Gasteiger charge is 2.10. The second kappa shape index (κ2) is 7.74. The first kappa shape index (κ1) is 17.5. The van der Waals surface area contributed by atoms with E-state index in [0.717, 1.165) is 5.56 Å². The highest BCUT2D eigenvalue weighted by Crippen LogP contribution is 2.21. The number of ketones is 1. The van der Waals surface area contributed by atoms with E-state index in [1.165, 1.54) is 6.07 Å². The van der Waals surface area contributed by atoms with Gasteiger partial charge >= 0.3 is 0 Å². The molecule has 0 saturated carbocycles. The van der Waals surface area contributed by atoms with Gasteiger partial charge in [0.25, 0.3) is 5.56 Å². The Labute approximate surface area is 150 Å². The minimum Gasteiger partial charge on any atom is -0.491 e. The van der Waals surface area contributed by atoms with Crippen LogP contribution in [0.25, 0.3) is 11.3 Å². The molecule has 1 aromatic heterocycles. The number of Topliss-reactive ketones (excluding diaryl/α,β-unsaturated/α-hetero) is 1. The predicted molar refractivity (Wildman–Crippen MR) is 96.8 cm³/mol. The van der Waals surface area contributed by atoms with E-state index >= 15 is 0 Å². The van der Waals surface area contributed by atoms with Gasteiger partial charge in [0, 0.05) is 11.1 Å². The van der Waals surface area contributed by atoms with Gasteiger partial charge in [-0.05, 0) is 50.2 Å². The fraction of sp³-hybridized carbons (Fsp3) is 0.200. The molecule has 0 unspecified atom stereocenters. The van der Waals surface area contributed by atoms with E-state index in [-0.39, 0.29) is 24.1 Å². The summed E-state index contributed by atoms with van der Waals surface area (Å²) >= 11 is 0. The molecule has 26 heavy (non-hydrogen) atoms. The lowest BCUT2D eigenvalue weighted by molar-refractivity contribution is 0.0921. The molecule has 2 aromatic carbocycles. The molecular formula is C20H19NO5. The Morgan fingerprint density at radius 2 is 1.85 bits per heavy atom. The maximum Gasteiger partial charge on any atom is 0.280 e. The van der Waals surface area contributed by atoms with Gasteiger partial charge < -0.3 is 14.0 Å². The summed E-state index contributed by atoms with van der Waals surface area (Å²) in [7, 11) is 0. The number of nitrogens with one attached hydrogen (secondary N) is 1. The van der Waals surface area contributed by atoms with Crippen molar-refractivity contribution in [2.75, 3.05) is 6.61 Å². The molecule has 0 radical (unpaired) electrons. The van der Waals surface area contributed by atoms with Gasteiger partial charge in [0.1, 0.15) is 11.5 Å². The van der Waals surface area contributed by atoms with Crippen LogP contribution in [0.5, 0.6) is 11.5 Å². The zero-order chi connectivity index (χ0) is 18.5. The van der Waals surface area contributed by atoms with E-state index < -0.39 is 0 Å². The van der Waals surface area contributed by atoms with Gasteiger partial charge in [-0.1, -0.05) is 12.1 Å². The van der Waals surface area contributed by atoms with Crippen molar-refractivity contribution in [3.8, 4) is 22.8 Å². The maximum atomic E-state index is 12.3. The molecule has 134 valence electrons. The number of hydrogen-bond donors (Lipinski definition) is 1. The van der Waals surface area contributed by atoms with Crippen LogP contribution in [-0.2, 0) is 0 Å². The first-order valence-corrected chi connectivity index (χ1v) is 8.23. The molecule has 6 nitrogen and oxygen atoms in total. The largest absolute Gasteiger partial charge is 0.491 e. The Bertz CT molecular complexity index is 937. The number of H-pyrrole nitrogens is 1. The monoisotopic (exact) mass is 353 g/mol. The van der Waals surface area contributed by atoms with Crippen LogP contribution in [-0.4, -0.2) is 23.7 Å². The van der Waals surface area contributed by atoms with Gasteiger partial charge in [-0.15, -0.1) is 0 Å². The molecular weight excluding hydrogens is 334 g/mol. The Hall–Kier alpha value is -3.28. The smallest absolute Gasteiger partial charge is 0.280 e. The maximum absolute atomic E-state index is 12.3. The van der Waals surface area contributed by atoms with E-state index in [0.29, 0.717) is 22.8 Å². The van der Waals surface area contributed by atoms with Crippen LogP contribution >= 0.6 is 0 Å². The lowest BCUT2D eigenvalue weighted by Crippen LogP contribution is -2.12. The Kier molecular flexibility index (Phi) is 5.22. The molecule has 0 atom stereocenters.